The van der Waals surface area contributed by atoms with E-state index in [-0.39, 0.29) is 5.82 Å². The highest BCUT2D eigenvalue weighted by molar-refractivity contribution is 9.10. The molecule has 1 atom stereocenters. The van der Waals surface area contributed by atoms with Crippen LogP contribution in [-0.2, 0) is 6.42 Å². The van der Waals surface area contributed by atoms with Gasteiger partial charge >= 0.3 is 0 Å². The van der Waals surface area contributed by atoms with Crippen molar-refractivity contribution in [2.45, 2.75) is 39.2 Å². The van der Waals surface area contributed by atoms with Gasteiger partial charge in [0.2, 0.25) is 0 Å². The van der Waals surface area contributed by atoms with Crippen LogP contribution in [-0.4, -0.2) is 12.6 Å². The molecule has 90 valence electrons. The minimum Gasteiger partial charge on any atom is -0.314 e. The minimum absolute atomic E-state index is 0.160. The summed E-state index contributed by atoms with van der Waals surface area (Å²) in [6.45, 7) is 5.37. The third-order valence-electron chi connectivity index (χ3n) is 2.60. The summed E-state index contributed by atoms with van der Waals surface area (Å²) in [4.78, 5) is 0. The number of halogens is 2. The van der Waals surface area contributed by atoms with Gasteiger partial charge in [0.05, 0.1) is 0 Å². The molecule has 0 fully saturated rings. The molecule has 1 aromatic carbocycles. The molecular weight excluding hydrogens is 269 g/mol. The largest absolute Gasteiger partial charge is 0.314 e. The van der Waals surface area contributed by atoms with Crippen LogP contribution in [0.3, 0.4) is 0 Å². The van der Waals surface area contributed by atoms with Gasteiger partial charge in [-0.25, -0.2) is 4.39 Å². The summed E-state index contributed by atoms with van der Waals surface area (Å²) in [6, 6.07) is 5.34. The predicted molar refractivity (Wildman–Crippen MR) is 70.2 cm³/mol. The van der Waals surface area contributed by atoms with E-state index in [9.17, 15) is 4.39 Å². The Morgan fingerprint density at radius 1 is 1.44 bits per heavy atom. The van der Waals surface area contributed by atoms with Gasteiger partial charge in [-0.2, -0.15) is 0 Å². The van der Waals surface area contributed by atoms with Gasteiger partial charge in [-0.15, -0.1) is 0 Å². The van der Waals surface area contributed by atoms with Crippen molar-refractivity contribution in [3.8, 4) is 0 Å². The van der Waals surface area contributed by atoms with Crippen molar-refractivity contribution >= 4 is 15.9 Å². The Kier molecular flexibility index (Phi) is 5.99. The predicted octanol–water partition coefficient (Wildman–Crippen LogP) is 3.91. The quantitative estimate of drug-likeness (QED) is 0.837. The van der Waals surface area contributed by atoms with Gasteiger partial charge in [-0.05, 0) is 56.5 Å². The van der Waals surface area contributed by atoms with E-state index in [0.717, 1.165) is 35.8 Å². The van der Waals surface area contributed by atoms with Crippen molar-refractivity contribution in [3.05, 3.63) is 34.1 Å². The fraction of sp³-hybridized carbons (Fsp3) is 0.538. The average molecular weight is 288 g/mol. The molecule has 1 aromatic rings. The van der Waals surface area contributed by atoms with Crippen molar-refractivity contribution in [3.63, 3.8) is 0 Å². The summed E-state index contributed by atoms with van der Waals surface area (Å²) in [5, 5.41) is 3.43. The number of benzene rings is 1. The Labute approximate surface area is 106 Å². The van der Waals surface area contributed by atoms with Crippen molar-refractivity contribution in [1.82, 2.24) is 5.32 Å². The Hall–Kier alpha value is -0.410. The summed E-state index contributed by atoms with van der Waals surface area (Å²) in [7, 11) is 0. The van der Waals surface area contributed by atoms with E-state index in [2.05, 4.69) is 35.1 Å². The highest BCUT2D eigenvalue weighted by atomic mass is 79.9. The molecule has 0 spiro atoms. The highest BCUT2D eigenvalue weighted by Crippen LogP contribution is 2.19. The summed E-state index contributed by atoms with van der Waals surface area (Å²) in [5.74, 6) is -0.160. The van der Waals surface area contributed by atoms with Crippen LogP contribution in [0.4, 0.5) is 4.39 Å². The van der Waals surface area contributed by atoms with Gasteiger partial charge < -0.3 is 5.32 Å². The Bertz CT molecular complexity index is 328. The standard InChI is InChI=1S/C13H19BrFN/c1-3-8-16-10(2)4-5-11-9-12(15)6-7-13(11)14/h6-7,9-10,16H,3-5,8H2,1-2H3. The first-order chi connectivity index (χ1) is 7.63. The van der Waals surface area contributed by atoms with E-state index in [4.69, 9.17) is 0 Å². The molecule has 0 saturated heterocycles. The first-order valence-electron chi connectivity index (χ1n) is 5.80. The lowest BCUT2D eigenvalue weighted by Crippen LogP contribution is -2.27. The maximum Gasteiger partial charge on any atom is 0.123 e. The summed E-state index contributed by atoms with van der Waals surface area (Å²) in [5.41, 5.74) is 1.05. The molecule has 16 heavy (non-hydrogen) atoms. The molecule has 0 amide bonds. The fourth-order valence-corrected chi connectivity index (χ4v) is 2.04. The van der Waals surface area contributed by atoms with Gasteiger partial charge in [0.25, 0.3) is 0 Å². The van der Waals surface area contributed by atoms with E-state index in [1.807, 2.05) is 0 Å². The topological polar surface area (TPSA) is 12.0 Å². The molecule has 1 N–H and O–H groups in total. The number of nitrogens with one attached hydrogen (secondary N) is 1. The van der Waals surface area contributed by atoms with Gasteiger partial charge in [0.1, 0.15) is 5.82 Å². The molecular formula is C13H19BrFN. The molecule has 3 heteroatoms. The van der Waals surface area contributed by atoms with Crippen molar-refractivity contribution in [1.29, 1.82) is 0 Å². The third-order valence-corrected chi connectivity index (χ3v) is 3.37. The SMILES string of the molecule is CCCNC(C)CCc1cc(F)ccc1Br. The Morgan fingerprint density at radius 2 is 2.19 bits per heavy atom. The molecule has 1 unspecified atom stereocenters. The molecule has 1 rings (SSSR count). The zero-order valence-electron chi connectivity index (χ0n) is 9.89. The molecule has 0 aromatic heterocycles. The third kappa shape index (κ3) is 4.62. The second-order valence-electron chi connectivity index (χ2n) is 4.13. The number of hydrogen-bond acceptors (Lipinski definition) is 1. The van der Waals surface area contributed by atoms with Gasteiger partial charge in [-0.1, -0.05) is 22.9 Å². The Morgan fingerprint density at radius 3 is 2.88 bits per heavy atom. The van der Waals surface area contributed by atoms with Crippen LogP contribution in [0.15, 0.2) is 22.7 Å². The van der Waals surface area contributed by atoms with E-state index in [0.29, 0.717) is 6.04 Å². The van der Waals surface area contributed by atoms with Gasteiger partial charge in [-0.3, -0.25) is 0 Å². The molecule has 0 saturated carbocycles. The monoisotopic (exact) mass is 287 g/mol. The van der Waals surface area contributed by atoms with Crippen LogP contribution in [0.2, 0.25) is 0 Å². The molecule has 0 radical (unpaired) electrons. The van der Waals surface area contributed by atoms with E-state index >= 15 is 0 Å². The maximum atomic E-state index is 13.0. The fourth-order valence-electron chi connectivity index (χ4n) is 1.60. The van der Waals surface area contributed by atoms with Crippen LogP contribution < -0.4 is 5.32 Å². The molecule has 0 aliphatic carbocycles. The number of hydrogen-bond donors (Lipinski definition) is 1. The lowest BCUT2D eigenvalue weighted by atomic mass is 10.1. The normalized spacial score (nSPS) is 12.8. The molecule has 0 aliphatic heterocycles. The van der Waals surface area contributed by atoms with Crippen LogP contribution in [0.5, 0.6) is 0 Å². The van der Waals surface area contributed by atoms with Crippen LogP contribution in [0, 0.1) is 5.82 Å². The van der Waals surface area contributed by atoms with Gasteiger partial charge in [0, 0.05) is 10.5 Å². The Balaban J connectivity index is 2.44. The second-order valence-corrected chi connectivity index (χ2v) is 4.98. The van der Waals surface area contributed by atoms with Gasteiger partial charge in [0.15, 0.2) is 0 Å². The minimum atomic E-state index is -0.160. The van der Waals surface area contributed by atoms with Crippen LogP contribution in [0.1, 0.15) is 32.3 Å². The van der Waals surface area contributed by atoms with E-state index < -0.39 is 0 Å². The summed E-state index contributed by atoms with van der Waals surface area (Å²) >= 11 is 3.45. The smallest absolute Gasteiger partial charge is 0.123 e. The number of rotatable bonds is 6. The molecule has 0 heterocycles. The zero-order valence-corrected chi connectivity index (χ0v) is 11.5. The molecule has 0 aliphatic rings. The van der Waals surface area contributed by atoms with Crippen molar-refractivity contribution < 1.29 is 4.39 Å². The number of aryl methyl sites for hydroxylation is 1. The maximum absolute atomic E-state index is 13.0. The van der Waals surface area contributed by atoms with E-state index in [1.165, 1.54) is 6.07 Å². The van der Waals surface area contributed by atoms with E-state index in [1.54, 1.807) is 12.1 Å². The first kappa shape index (κ1) is 13.7. The van der Waals surface area contributed by atoms with Crippen molar-refractivity contribution in [2.24, 2.45) is 0 Å². The lowest BCUT2D eigenvalue weighted by Gasteiger charge is -2.13. The molecule has 0 bridgehead atoms. The van der Waals surface area contributed by atoms with Crippen LogP contribution >= 0.6 is 15.9 Å². The average Bonchev–Trinajstić information content (AvgIpc) is 2.27. The van der Waals surface area contributed by atoms with Crippen molar-refractivity contribution in [2.75, 3.05) is 6.54 Å². The zero-order chi connectivity index (χ0) is 12.0. The lowest BCUT2D eigenvalue weighted by molar-refractivity contribution is 0.512. The summed E-state index contributed by atoms with van der Waals surface area (Å²) < 4.78 is 14.0. The van der Waals surface area contributed by atoms with Crippen LogP contribution in [0.25, 0.3) is 0 Å². The first-order valence-corrected chi connectivity index (χ1v) is 6.60. The molecule has 1 nitrogen and oxygen atoms in total. The second kappa shape index (κ2) is 7.02. The highest BCUT2D eigenvalue weighted by Gasteiger charge is 2.05. The summed E-state index contributed by atoms with van der Waals surface area (Å²) in [6.07, 6.45) is 3.08.